The maximum absolute atomic E-state index is 12.5. The number of rotatable bonds is 8. The molecule has 8 nitrogen and oxygen atoms in total. The number of nitrogens with zero attached hydrogens (tertiary/aromatic N) is 5. The minimum atomic E-state index is -0.0563. The van der Waals surface area contributed by atoms with Gasteiger partial charge in [-0.3, -0.25) is 9.69 Å². The Morgan fingerprint density at radius 2 is 1.97 bits per heavy atom. The van der Waals surface area contributed by atoms with Crippen molar-refractivity contribution < 1.29 is 14.3 Å². The Bertz CT molecular complexity index is 818. The van der Waals surface area contributed by atoms with E-state index in [0.29, 0.717) is 18.8 Å². The van der Waals surface area contributed by atoms with Crippen LogP contribution in [0.3, 0.4) is 0 Å². The zero-order chi connectivity index (χ0) is 20.8. The maximum Gasteiger partial charge on any atom is 0.276 e. The standard InChI is InChI=1S/C21H31N5O3/c1-5-25(6-2)21(27)18-15-26(23-22-18)17-8-7-11-24(14-17)13-16-9-10-19(28-3)20(12-16)29-4/h9-10,12,15,17H,5-8,11,13-14H2,1-4H3/t17-/m0/s1. The summed E-state index contributed by atoms with van der Waals surface area (Å²) >= 11 is 0. The molecule has 0 bridgehead atoms. The predicted molar refractivity (Wildman–Crippen MR) is 110 cm³/mol. The Labute approximate surface area is 172 Å². The molecule has 1 fully saturated rings. The lowest BCUT2D eigenvalue weighted by Gasteiger charge is -2.32. The minimum absolute atomic E-state index is 0.0563. The van der Waals surface area contributed by atoms with E-state index in [1.807, 2.05) is 30.7 Å². The number of methoxy groups -OCH3 is 2. The van der Waals surface area contributed by atoms with Crippen molar-refractivity contribution in [1.29, 1.82) is 0 Å². The van der Waals surface area contributed by atoms with Crippen molar-refractivity contribution >= 4 is 5.91 Å². The van der Waals surface area contributed by atoms with Gasteiger partial charge in [0.1, 0.15) is 0 Å². The van der Waals surface area contributed by atoms with Crippen LogP contribution >= 0.6 is 0 Å². The van der Waals surface area contributed by atoms with Crippen LogP contribution in [0.5, 0.6) is 11.5 Å². The fourth-order valence-electron chi connectivity index (χ4n) is 3.85. The van der Waals surface area contributed by atoms with Gasteiger partial charge < -0.3 is 14.4 Å². The van der Waals surface area contributed by atoms with Gasteiger partial charge in [-0.1, -0.05) is 11.3 Å². The SMILES string of the molecule is CCN(CC)C(=O)c1cn([C@H]2CCCN(Cc3ccc(OC)c(OC)c3)C2)nn1. The highest BCUT2D eigenvalue weighted by Crippen LogP contribution is 2.29. The number of carbonyl (C=O) groups is 1. The van der Waals surface area contributed by atoms with Crippen molar-refractivity contribution in [1.82, 2.24) is 24.8 Å². The fourth-order valence-corrected chi connectivity index (χ4v) is 3.85. The molecule has 1 aromatic carbocycles. The Kier molecular flexibility index (Phi) is 7.09. The molecule has 0 radical (unpaired) electrons. The second-order valence-corrected chi connectivity index (χ2v) is 7.28. The van der Waals surface area contributed by atoms with E-state index in [9.17, 15) is 4.79 Å². The quantitative estimate of drug-likeness (QED) is 0.677. The first kappa shape index (κ1) is 21.1. The number of benzene rings is 1. The summed E-state index contributed by atoms with van der Waals surface area (Å²) in [5.74, 6) is 1.43. The average Bonchev–Trinajstić information content (AvgIpc) is 3.25. The molecule has 0 aliphatic carbocycles. The summed E-state index contributed by atoms with van der Waals surface area (Å²) in [5.41, 5.74) is 1.60. The number of ether oxygens (including phenoxy) is 2. The zero-order valence-corrected chi connectivity index (χ0v) is 17.8. The highest BCUT2D eigenvalue weighted by atomic mass is 16.5. The van der Waals surface area contributed by atoms with Gasteiger partial charge in [-0.2, -0.15) is 0 Å². The van der Waals surface area contributed by atoms with Gasteiger partial charge in [0.25, 0.3) is 5.91 Å². The van der Waals surface area contributed by atoms with E-state index >= 15 is 0 Å². The summed E-state index contributed by atoms with van der Waals surface area (Å²) in [6.07, 6.45) is 3.91. The molecule has 2 heterocycles. The third kappa shape index (κ3) is 4.87. The number of hydrogen-bond acceptors (Lipinski definition) is 6. The first-order chi connectivity index (χ1) is 14.1. The highest BCUT2D eigenvalue weighted by Gasteiger charge is 2.24. The van der Waals surface area contributed by atoms with Gasteiger partial charge in [0, 0.05) is 26.2 Å². The molecule has 1 amide bonds. The van der Waals surface area contributed by atoms with Crippen LogP contribution in [0.1, 0.15) is 48.8 Å². The summed E-state index contributed by atoms with van der Waals surface area (Å²) in [6, 6.07) is 6.26. The van der Waals surface area contributed by atoms with Gasteiger partial charge in [-0.25, -0.2) is 4.68 Å². The first-order valence-corrected chi connectivity index (χ1v) is 10.2. The second-order valence-electron chi connectivity index (χ2n) is 7.28. The lowest BCUT2D eigenvalue weighted by atomic mass is 10.0. The zero-order valence-electron chi connectivity index (χ0n) is 17.8. The van der Waals surface area contributed by atoms with Crippen molar-refractivity contribution in [3.05, 3.63) is 35.7 Å². The van der Waals surface area contributed by atoms with E-state index < -0.39 is 0 Å². The Morgan fingerprint density at radius 3 is 2.66 bits per heavy atom. The number of piperidine rings is 1. The first-order valence-electron chi connectivity index (χ1n) is 10.2. The molecule has 1 aromatic heterocycles. The molecular formula is C21H31N5O3. The maximum atomic E-state index is 12.5. The molecule has 1 atom stereocenters. The highest BCUT2D eigenvalue weighted by molar-refractivity contribution is 5.91. The van der Waals surface area contributed by atoms with E-state index in [2.05, 4.69) is 21.3 Å². The normalized spacial score (nSPS) is 17.2. The summed E-state index contributed by atoms with van der Waals surface area (Å²) in [7, 11) is 3.30. The van der Waals surface area contributed by atoms with Gasteiger partial charge >= 0.3 is 0 Å². The van der Waals surface area contributed by atoms with Crippen LogP contribution in [0.2, 0.25) is 0 Å². The molecule has 29 heavy (non-hydrogen) atoms. The fraction of sp³-hybridized carbons (Fsp3) is 0.571. The number of carbonyl (C=O) groups excluding carboxylic acids is 1. The van der Waals surface area contributed by atoms with Crippen LogP contribution in [0, 0.1) is 0 Å². The molecule has 8 heteroatoms. The monoisotopic (exact) mass is 401 g/mol. The smallest absolute Gasteiger partial charge is 0.276 e. The molecular weight excluding hydrogens is 370 g/mol. The van der Waals surface area contributed by atoms with Crippen LogP contribution in [-0.2, 0) is 6.54 Å². The van der Waals surface area contributed by atoms with E-state index in [0.717, 1.165) is 44.0 Å². The summed E-state index contributed by atoms with van der Waals surface area (Å²) < 4.78 is 12.6. The molecule has 0 N–H and O–H groups in total. The van der Waals surface area contributed by atoms with Crippen LogP contribution in [0.4, 0.5) is 0 Å². The van der Waals surface area contributed by atoms with Crippen molar-refractivity contribution in [2.24, 2.45) is 0 Å². The number of hydrogen-bond donors (Lipinski definition) is 0. The lowest BCUT2D eigenvalue weighted by molar-refractivity contribution is 0.0767. The Hall–Kier alpha value is -2.61. The Morgan fingerprint density at radius 1 is 1.21 bits per heavy atom. The molecule has 3 rings (SSSR count). The molecule has 0 spiro atoms. The topological polar surface area (TPSA) is 72.7 Å². The summed E-state index contributed by atoms with van der Waals surface area (Å²) in [6.45, 7) is 8.02. The van der Waals surface area contributed by atoms with Crippen molar-refractivity contribution in [2.75, 3.05) is 40.4 Å². The average molecular weight is 402 g/mol. The van der Waals surface area contributed by atoms with E-state index in [4.69, 9.17) is 9.47 Å². The minimum Gasteiger partial charge on any atom is -0.493 e. The molecule has 1 saturated heterocycles. The molecule has 0 unspecified atom stereocenters. The third-order valence-electron chi connectivity index (χ3n) is 5.49. The third-order valence-corrected chi connectivity index (χ3v) is 5.49. The number of aromatic nitrogens is 3. The van der Waals surface area contributed by atoms with Crippen LogP contribution in [-0.4, -0.2) is 71.1 Å². The van der Waals surface area contributed by atoms with Gasteiger partial charge in [-0.15, -0.1) is 5.10 Å². The number of likely N-dealkylation sites (tertiary alicyclic amines) is 1. The largest absolute Gasteiger partial charge is 0.493 e. The van der Waals surface area contributed by atoms with Crippen molar-refractivity contribution in [3.8, 4) is 11.5 Å². The van der Waals surface area contributed by atoms with Gasteiger partial charge in [0.05, 0.1) is 26.5 Å². The van der Waals surface area contributed by atoms with Crippen LogP contribution in [0.15, 0.2) is 24.4 Å². The van der Waals surface area contributed by atoms with Gasteiger partial charge in [0.2, 0.25) is 0 Å². The molecule has 1 aliphatic rings. The van der Waals surface area contributed by atoms with E-state index in [1.54, 1.807) is 25.3 Å². The molecule has 0 saturated carbocycles. The van der Waals surface area contributed by atoms with Crippen LogP contribution in [0.25, 0.3) is 0 Å². The van der Waals surface area contributed by atoms with Crippen LogP contribution < -0.4 is 9.47 Å². The lowest BCUT2D eigenvalue weighted by Crippen LogP contribution is -2.36. The molecule has 1 aliphatic heterocycles. The summed E-state index contributed by atoms with van der Waals surface area (Å²) in [4.78, 5) is 16.7. The number of amides is 1. The molecule has 158 valence electrons. The summed E-state index contributed by atoms with van der Waals surface area (Å²) in [5, 5.41) is 8.39. The van der Waals surface area contributed by atoms with Crippen molar-refractivity contribution in [2.45, 2.75) is 39.3 Å². The van der Waals surface area contributed by atoms with E-state index in [1.165, 1.54) is 5.56 Å². The van der Waals surface area contributed by atoms with E-state index in [-0.39, 0.29) is 11.9 Å². The molecule has 2 aromatic rings. The van der Waals surface area contributed by atoms with Gasteiger partial charge in [0.15, 0.2) is 17.2 Å². The van der Waals surface area contributed by atoms with Crippen molar-refractivity contribution in [3.63, 3.8) is 0 Å². The predicted octanol–water partition coefficient (Wildman–Crippen LogP) is 2.61. The second kappa shape index (κ2) is 9.73. The van der Waals surface area contributed by atoms with Gasteiger partial charge in [-0.05, 0) is 50.9 Å². The Balaban J connectivity index is 1.66.